The molecule has 1 N–H and O–H groups in total. The van der Waals surface area contributed by atoms with Crippen molar-refractivity contribution in [3.8, 4) is 5.69 Å². The molecular weight excluding hydrogens is 444 g/mol. The van der Waals surface area contributed by atoms with Crippen molar-refractivity contribution in [1.29, 1.82) is 0 Å². The van der Waals surface area contributed by atoms with Gasteiger partial charge in [-0.1, -0.05) is 35.3 Å². The molecule has 3 aromatic rings. The molecule has 0 atom stereocenters. The maximum atomic E-state index is 13.3. The van der Waals surface area contributed by atoms with Gasteiger partial charge in [0.1, 0.15) is 5.82 Å². The van der Waals surface area contributed by atoms with Crippen LogP contribution in [0, 0.1) is 5.82 Å². The van der Waals surface area contributed by atoms with Gasteiger partial charge < -0.3 is 10.0 Å². The number of aromatic nitrogens is 2. The highest BCUT2D eigenvalue weighted by atomic mass is 35.5. The van der Waals surface area contributed by atoms with Crippen LogP contribution in [0.4, 0.5) is 4.39 Å². The van der Waals surface area contributed by atoms with E-state index in [1.165, 1.54) is 28.6 Å². The average molecular weight is 460 g/mol. The van der Waals surface area contributed by atoms with E-state index in [4.69, 9.17) is 23.2 Å². The fourth-order valence-corrected chi connectivity index (χ4v) is 4.04. The molecule has 0 radical (unpaired) electrons. The summed E-state index contributed by atoms with van der Waals surface area (Å²) in [5, 5.41) is 14.8. The number of hydrogen-bond acceptors (Lipinski definition) is 3. The lowest BCUT2D eigenvalue weighted by Gasteiger charge is -2.29. The second-order valence-electron chi connectivity index (χ2n) is 7.08. The minimum Gasteiger partial charge on any atom is -0.476 e. The molecule has 31 heavy (non-hydrogen) atoms. The summed E-state index contributed by atoms with van der Waals surface area (Å²) in [5.74, 6) is -1.79. The Bertz CT molecular complexity index is 1240. The van der Waals surface area contributed by atoms with Crippen molar-refractivity contribution >= 4 is 46.7 Å². The number of carbonyl (C=O) groups excluding carboxylic acids is 1. The SMILES string of the molecule is CC(=O)N1CC(=Cc2ccc(F)cc2)c2c(c(C(=O)O)nn2-c2ccc(Cl)cc2Cl)C1. The molecule has 0 fully saturated rings. The van der Waals surface area contributed by atoms with Gasteiger partial charge in [0.05, 0.1) is 22.9 Å². The summed E-state index contributed by atoms with van der Waals surface area (Å²) in [4.78, 5) is 25.6. The zero-order chi connectivity index (χ0) is 22.3. The number of rotatable bonds is 3. The highest BCUT2D eigenvalue weighted by Gasteiger charge is 2.33. The molecular formula is C22H16Cl2FN3O3. The monoisotopic (exact) mass is 459 g/mol. The van der Waals surface area contributed by atoms with E-state index < -0.39 is 5.97 Å². The van der Waals surface area contributed by atoms with Crippen LogP contribution in [0.3, 0.4) is 0 Å². The van der Waals surface area contributed by atoms with E-state index in [0.29, 0.717) is 38.1 Å². The minimum absolute atomic E-state index is 0.0955. The van der Waals surface area contributed by atoms with Crippen LogP contribution in [0.5, 0.6) is 0 Å². The number of halogens is 3. The van der Waals surface area contributed by atoms with Gasteiger partial charge in [-0.2, -0.15) is 5.10 Å². The van der Waals surface area contributed by atoms with Crippen molar-refractivity contribution < 1.29 is 19.1 Å². The summed E-state index contributed by atoms with van der Waals surface area (Å²) in [5.41, 5.74) is 2.55. The van der Waals surface area contributed by atoms with Gasteiger partial charge in [0.15, 0.2) is 5.69 Å². The molecule has 2 heterocycles. The Morgan fingerprint density at radius 2 is 1.84 bits per heavy atom. The molecule has 1 aliphatic rings. The molecule has 2 aromatic carbocycles. The lowest BCUT2D eigenvalue weighted by atomic mass is 9.97. The van der Waals surface area contributed by atoms with Crippen LogP contribution in [0.15, 0.2) is 42.5 Å². The molecule has 158 valence electrons. The number of carboxylic acids is 1. The van der Waals surface area contributed by atoms with Crippen LogP contribution in [0.25, 0.3) is 17.3 Å². The van der Waals surface area contributed by atoms with Gasteiger partial charge in [-0.15, -0.1) is 0 Å². The third kappa shape index (κ3) is 4.06. The van der Waals surface area contributed by atoms with Crippen LogP contribution >= 0.6 is 23.2 Å². The largest absolute Gasteiger partial charge is 0.476 e. The fourth-order valence-electron chi connectivity index (χ4n) is 3.55. The predicted molar refractivity (Wildman–Crippen MR) is 116 cm³/mol. The number of carboxylic acid groups (broad SMARTS) is 1. The molecule has 0 saturated carbocycles. The van der Waals surface area contributed by atoms with E-state index in [-0.39, 0.29) is 30.5 Å². The Morgan fingerprint density at radius 1 is 1.13 bits per heavy atom. The summed E-state index contributed by atoms with van der Waals surface area (Å²) in [6.45, 7) is 1.75. The smallest absolute Gasteiger partial charge is 0.356 e. The molecule has 0 spiro atoms. The van der Waals surface area contributed by atoms with Crippen molar-refractivity contribution in [3.63, 3.8) is 0 Å². The summed E-state index contributed by atoms with van der Waals surface area (Å²) < 4.78 is 14.8. The zero-order valence-corrected chi connectivity index (χ0v) is 17.8. The van der Waals surface area contributed by atoms with E-state index in [9.17, 15) is 19.1 Å². The first kappa shape index (κ1) is 21.1. The molecule has 1 amide bonds. The molecule has 4 rings (SSSR count). The number of nitrogens with zero attached hydrogens (tertiary/aromatic N) is 3. The van der Waals surface area contributed by atoms with Gasteiger partial charge in [-0.25, -0.2) is 13.9 Å². The van der Waals surface area contributed by atoms with Gasteiger partial charge in [-0.05, 0) is 47.5 Å². The summed E-state index contributed by atoms with van der Waals surface area (Å²) in [7, 11) is 0. The highest BCUT2D eigenvalue weighted by Crippen LogP contribution is 2.35. The second kappa shape index (κ2) is 8.17. The van der Waals surface area contributed by atoms with Crippen molar-refractivity contribution in [3.05, 3.63) is 80.8 Å². The zero-order valence-electron chi connectivity index (χ0n) is 16.3. The van der Waals surface area contributed by atoms with Crippen molar-refractivity contribution in [1.82, 2.24) is 14.7 Å². The molecule has 1 aromatic heterocycles. The Morgan fingerprint density at radius 3 is 2.45 bits per heavy atom. The normalized spacial score (nSPS) is 14.6. The van der Waals surface area contributed by atoms with E-state index in [1.807, 2.05) is 0 Å². The van der Waals surface area contributed by atoms with E-state index in [1.54, 1.807) is 36.4 Å². The van der Waals surface area contributed by atoms with Crippen LogP contribution < -0.4 is 0 Å². The second-order valence-corrected chi connectivity index (χ2v) is 7.93. The minimum atomic E-state index is -1.22. The van der Waals surface area contributed by atoms with E-state index in [0.717, 1.165) is 0 Å². The molecule has 6 nitrogen and oxygen atoms in total. The van der Waals surface area contributed by atoms with Crippen LogP contribution in [0.2, 0.25) is 10.0 Å². The van der Waals surface area contributed by atoms with E-state index >= 15 is 0 Å². The number of carbonyl (C=O) groups is 2. The van der Waals surface area contributed by atoms with Gasteiger partial charge in [-0.3, -0.25) is 4.79 Å². The number of benzene rings is 2. The number of aromatic carboxylic acids is 1. The molecule has 0 unspecified atom stereocenters. The predicted octanol–water partition coefficient (Wildman–Crippen LogP) is 4.92. The Labute approximate surface area is 187 Å². The quantitative estimate of drug-likeness (QED) is 0.602. The third-order valence-electron chi connectivity index (χ3n) is 4.99. The van der Waals surface area contributed by atoms with Crippen LogP contribution in [-0.4, -0.2) is 38.2 Å². The van der Waals surface area contributed by atoms with Gasteiger partial charge in [0.2, 0.25) is 5.91 Å². The van der Waals surface area contributed by atoms with Crippen LogP contribution in [0.1, 0.15) is 34.2 Å². The van der Waals surface area contributed by atoms with Crippen molar-refractivity contribution in [2.24, 2.45) is 0 Å². The van der Waals surface area contributed by atoms with Gasteiger partial charge >= 0.3 is 5.97 Å². The lowest BCUT2D eigenvalue weighted by molar-refractivity contribution is -0.128. The summed E-state index contributed by atoms with van der Waals surface area (Å²) in [6, 6.07) is 10.7. The van der Waals surface area contributed by atoms with Crippen molar-refractivity contribution in [2.75, 3.05) is 6.54 Å². The van der Waals surface area contributed by atoms with Gasteiger partial charge in [0.25, 0.3) is 0 Å². The van der Waals surface area contributed by atoms with Crippen molar-refractivity contribution in [2.45, 2.75) is 13.5 Å². The molecule has 0 bridgehead atoms. The summed E-state index contributed by atoms with van der Waals surface area (Å²) >= 11 is 12.4. The maximum absolute atomic E-state index is 13.3. The Kier molecular flexibility index (Phi) is 5.56. The molecule has 0 aliphatic carbocycles. The van der Waals surface area contributed by atoms with Crippen LogP contribution in [-0.2, 0) is 11.3 Å². The summed E-state index contributed by atoms with van der Waals surface area (Å²) in [6.07, 6.45) is 1.78. The standard InChI is InChI=1S/C22H16Cl2FN3O3/c1-12(29)27-10-14(8-13-2-5-16(25)6-3-13)21-17(11-27)20(22(30)31)26-28(21)19-7-4-15(23)9-18(19)24/h2-9H,10-11H2,1H3,(H,30,31). The number of hydrogen-bond donors (Lipinski definition) is 1. The fraction of sp³-hybridized carbons (Fsp3) is 0.136. The highest BCUT2D eigenvalue weighted by molar-refractivity contribution is 6.35. The van der Waals surface area contributed by atoms with E-state index in [2.05, 4.69) is 5.10 Å². The molecule has 1 aliphatic heterocycles. The molecule has 0 saturated heterocycles. The number of amides is 1. The first-order chi connectivity index (χ1) is 14.7. The lowest BCUT2D eigenvalue weighted by Crippen LogP contribution is -2.34. The Hall–Kier alpha value is -3.16. The first-order valence-corrected chi connectivity index (χ1v) is 10.0. The first-order valence-electron chi connectivity index (χ1n) is 9.27. The third-order valence-corrected chi connectivity index (χ3v) is 5.53. The maximum Gasteiger partial charge on any atom is 0.356 e. The topological polar surface area (TPSA) is 75.4 Å². The number of fused-ring (bicyclic) bond motifs is 1. The van der Waals surface area contributed by atoms with Gasteiger partial charge in [0, 0.05) is 24.1 Å². The average Bonchev–Trinajstić information content (AvgIpc) is 3.09. The molecule has 9 heteroatoms. The Balaban J connectivity index is 1.98.